The minimum Gasteiger partial charge on any atom is -0.507 e. The molecule has 0 radical (unpaired) electrons. The van der Waals surface area contributed by atoms with Gasteiger partial charge >= 0.3 is 0 Å². The lowest BCUT2D eigenvalue weighted by Gasteiger charge is -2.25. The highest BCUT2D eigenvalue weighted by molar-refractivity contribution is 6.46. The molecule has 0 spiro atoms. The molecule has 1 saturated heterocycles. The van der Waals surface area contributed by atoms with Crippen LogP contribution in [-0.4, -0.2) is 32.8 Å². The summed E-state index contributed by atoms with van der Waals surface area (Å²) >= 11 is 6.07. The number of Topliss-reactive ketones (excluding diaryl/α,β-unsaturated/α-hetero) is 1. The van der Waals surface area contributed by atoms with E-state index in [-0.39, 0.29) is 24.0 Å². The van der Waals surface area contributed by atoms with E-state index in [9.17, 15) is 14.7 Å². The van der Waals surface area contributed by atoms with Crippen molar-refractivity contribution in [2.75, 3.05) is 0 Å². The molecule has 166 valence electrons. The number of likely N-dealkylation sites (tertiary alicyclic amines) is 1. The maximum atomic E-state index is 13.2. The second kappa shape index (κ2) is 8.37. The van der Waals surface area contributed by atoms with Crippen molar-refractivity contribution in [3.63, 3.8) is 0 Å². The summed E-state index contributed by atoms with van der Waals surface area (Å²) in [6, 6.07) is 15.1. The summed E-state index contributed by atoms with van der Waals surface area (Å²) in [7, 11) is 0. The fraction of sp³-hybridized carbons (Fsp3) is 0.192. The van der Waals surface area contributed by atoms with Crippen LogP contribution in [-0.2, 0) is 22.6 Å². The molecule has 2 aromatic carbocycles. The van der Waals surface area contributed by atoms with Gasteiger partial charge in [0.2, 0.25) is 0 Å². The van der Waals surface area contributed by atoms with Crippen molar-refractivity contribution in [2.45, 2.75) is 32.0 Å². The topological polar surface area (TPSA) is 79.7 Å². The Kier molecular flexibility index (Phi) is 5.38. The average Bonchev–Trinajstić information content (AvgIpc) is 3.31. The molecule has 1 N–H and O–H groups in total. The van der Waals surface area contributed by atoms with Crippen LogP contribution >= 0.6 is 11.6 Å². The second-order valence-corrected chi connectivity index (χ2v) is 8.73. The Morgan fingerprint density at radius 3 is 2.58 bits per heavy atom. The Hall–Kier alpha value is -3.64. The van der Waals surface area contributed by atoms with Crippen molar-refractivity contribution in [3.05, 3.63) is 99.8 Å². The van der Waals surface area contributed by atoms with Crippen LogP contribution in [0, 0.1) is 0 Å². The lowest BCUT2D eigenvalue weighted by molar-refractivity contribution is -0.140. The third-order valence-electron chi connectivity index (χ3n) is 6.00. The molecule has 5 rings (SSSR count). The maximum absolute atomic E-state index is 13.2. The van der Waals surface area contributed by atoms with Crippen LogP contribution in [0.15, 0.2) is 72.6 Å². The number of rotatable bonds is 4. The fourth-order valence-electron chi connectivity index (χ4n) is 4.44. The van der Waals surface area contributed by atoms with E-state index in [1.165, 1.54) is 4.90 Å². The van der Waals surface area contributed by atoms with Crippen molar-refractivity contribution in [1.29, 1.82) is 0 Å². The number of nitrogens with zero attached hydrogens (tertiary/aromatic N) is 2. The lowest BCUT2D eigenvalue weighted by Crippen LogP contribution is -2.29. The number of amides is 1. The van der Waals surface area contributed by atoms with Gasteiger partial charge in [0, 0.05) is 35.9 Å². The predicted octanol–water partition coefficient (Wildman–Crippen LogP) is 4.68. The molecule has 2 aliphatic rings. The van der Waals surface area contributed by atoms with E-state index in [1.54, 1.807) is 60.9 Å². The van der Waals surface area contributed by atoms with E-state index in [0.717, 1.165) is 16.9 Å². The van der Waals surface area contributed by atoms with Crippen LogP contribution in [0.5, 0.6) is 5.75 Å². The Bertz CT molecular complexity index is 1270. The molecule has 1 amide bonds. The molecule has 3 aromatic rings. The van der Waals surface area contributed by atoms with E-state index in [0.29, 0.717) is 22.6 Å². The molecule has 3 heterocycles. The number of benzene rings is 2. The van der Waals surface area contributed by atoms with Gasteiger partial charge < -0.3 is 14.7 Å². The van der Waals surface area contributed by atoms with Crippen LogP contribution in [0.4, 0.5) is 0 Å². The first-order valence-electron chi connectivity index (χ1n) is 10.6. The molecule has 0 aliphatic carbocycles. The van der Waals surface area contributed by atoms with Gasteiger partial charge in [-0.3, -0.25) is 14.6 Å². The SMILES string of the molecule is CC1Cc2cc(/C(O)=C3/C(=O)C(=O)N(Cc4ccncc4)C3c3ccc(Cl)cc3)ccc2O1. The number of ether oxygens (including phenoxy) is 1. The van der Waals surface area contributed by atoms with E-state index < -0.39 is 17.7 Å². The zero-order valence-corrected chi connectivity index (χ0v) is 18.6. The highest BCUT2D eigenvalue weighted by Gasteiger charge is 2.46. The molecule has 2 atom stereocenters. The van der Waals surface area contributed by atoms with Gasteiger partial charge in [0.05, 0.1) is 11.6 Å². The molecular formula is C26H21ClN2O4. The van der Waals surface area contributed by atoms with E-state index in [4.69, 9.17) is 16.3 Å². The third kappa shape index (κ3) is 3.87. The number of halogens is 1. The number of carbonyl (C=O) groups is 2. The highest BCUT2D eigenvalue weighted by atomic mass is 35.5. The minimum absolute atomic E-state index is 0.0532. The van der Waals surface area contributed by atoms with Crippen LogP contribution in [0.3, 0.4) is 0 Å². The predicted molar refractivity (Wildman–Crippen MR) is 124 cm³/mol. The number of aliphatic hydroxyl groups is 1. The summed E-state index contributed by atoms with van der Waals surface area (Å²) in [6.45, 7) is 2.18. The van der Waals surface area contributed by atoms with Crippen LogP contribution in [0.25, 0.3) is 5.76 Å². The van der Waals surface area contributed by atoms with Crippen molar-refractivity contribution < 1.29 is 19.4 Å². The number of carbonyl (C=O) groups excluding carboxylic acids is 2. The zero-order chi connectivity index (χ0) is 23.1. The number of aliphatic hydroxyl groups excluding tert-OH is 1. The fourth-order valence-corrected chi connectivity index (χ4v) is 4.57. The molecule has 1 fully saturated rings. The number of hydrogen-bond donors (Lipinski definition) is 1. The maximum Gasteiger partial charge on any atom is 0.295 e. The minimum atomic E-state index is -0.751. The van der Waals surface area contributed by atoms with E-state index in [1.807, 2.05) is 13.0 Å². The molecule has 7 heteroatoms. The molecule has 1 aromatic heterocycles. The van der Waals surface area contributed by atoms with Gasteiger partial charge in [-0.15, -0.1) is 0 Å². The summed E-state index contributed by atoms with van der Waals surface area (Å²) in [5.41, 5.74) is 3.01. The number of ketones is 1. The van der Waals surface area contributed by atoms with Crippen LogP contribution < -0.4 is 4.74 Å². The molecule has 6 nitrogen and oxygen atoms in total. The molecule has 0 bridgehead atoms. The normalized spacial score (nSPS) is 21.2. The van der Waals surface area contributed by atoms with Gasteiger partial charge in [0.15, 0.2) is 0 Å². The summed E-state index contributed by atoms with van der Waals surface area (Å²) in [4.78, 5) is 31.8. The summed E-state index contributed by atoms with van der Waals surface area (Å²) < 4.78 is 5.75. The summed E-state index contributed by atoms with van der Waals surface area (Å²) in [5.74, 6) is -0.808. The van der Waals surface area contributed by atoms with Gasteiger partial charge in [-0.2, -0.15) is 0 Å². The molecule has 2 unspecified atom stereocenters. The third-order valence-corrected chi connectivity index (χ3v) is 6.25. The van der Waals surface area contributed by atoms with E-state index in [2.05, 4.69) is 4.98 Å². The summed E-state index contributed by atoms with van der Waals surface area (Å²) in [5, 5.41) is 11.8. The largest absolute Gasteiger partial charge is 0.507 e. The summed E-state index contributed by atoms with van der Waals surface area (Å²) in [6.07, 6.45) is 4.04. The van der Waals surface area contributed by atoms with Crippen molar-refractivity contribution in [1.82, 2.24) is 9.88 Å². The molecule has 2 aliphatic heterocycles. The first kappa shape index (κ1) is 21.2. The van der Waals surface area contributed by atoms with Gasteiger partial charge in [0.1, 0.15) is 17.6 Å². The molecule has 33 heavy (non-hydrogen) atoms. The quantitative estimate of drug-likeness (QED) is 0.347. The van der Waals surface area contributed by atoms with Gasteiger partial charge in [-0.05, 0) is 66.1 Å². The van der Waals surface area contributed by atoms with Gasteiger partial charge in [-0.25, -0.2) is 0 Å². The van der Waals surface area contributed by atoms with E-state index >= 15 is 0 Å². The first-order valence-corrected chi connectivity index (χ1v) is 11.0. The zero-order valence-electron chi connectivity index (χ0n) is 17.9. The molecular weight excluding hydrogens is 440 g/mol. The Balaban J connectivity index is 1.62. The Morgan fingerprint density at radius 2 is 1.85 bits per heavy atom. The highest BCUT2D eigenvalue weighted by Crippen LogP contribution is 2.41. The second-order valence-electron chi connectivity index (χ2n) is 8.29. The number of pyridine rings is 1. The first-order chi connectivity index (χ1) is 15.9. The van der Waals surface area contributed by atoms with Crippen molar-refractivity contribution in [2.24, 2.45) is 0 Å². The molecule has 0 saturated carbocycles. The standard InChI is InChI=1S/C26H21ClN2O4/c1-15-12-19-13-18(4-7-21(19)33-15)24(30)22-23(17-2-5-20(27)6-3-17)29(26(32)25(22)31)14-16-8-10-28-11-9-16/h2-11,13,15,23,30H,12,14H2,1H3/b24-22-. The number of aromatic nitrogens is 1. The lowest BCUT2D eigenvalue weighted by atomic mass is 9.94. The van der Waals surface area contributed by atoms with Gasteiger partial charge in [0.25, 0.3) is 11.7 Å². The van der Waals surface area contributed by atoms with Crippen molar-refractivity contribution >= 4 is 29.1 Å². The Morgan fingerprint density at radius 1 is 1.12 bits per heavy atom. The monoisotopic (exact) mass is 460 g/mol. The van der Waals surface area contributed by atoms with Crippen LogP contribution in [0.2, 0.25) is 5.02 Å². The van der Waals surface area contributed by atoms with Crippen LogP contribution in [0.1, 0.15) is 35.2 Å². The van der Waals surface area contributed by atoms with Crippen molar-refractivity contribution in [3.8, 4) is 5.75 Å². The number of fused-ring (bicyclic) bond motifs is 1. The van der Waals surface area contributed by atoms with Gasteiger partial charge in [-0.1, -0.05) is 23.7 Å². The number of hydrogen-bond acceptors (Lipinski definition) is 5. The Labute approximate surface area is 196 Å². The average molecular weight is 461 g/mol. The smallest absolute Gasteiger partial charge is 0.295 e.